The summed E-state index contributed by atoms with van der Waals surface area (Å²) in [4.78, 5) is 2.32. The smallest absolute Gasteiger partial charge is 0.0495 e. The Balaban J connectivity index is 1.04. The fourth-order valence-electron chi connectivity index (χ4n) is 7.07. The molecule has 0 fully saturated rings. The molecule has 0 saturated carbocycles. The molecule has 0 atom stereocenters. The van der Waals surface area contributed by atoms with Crippen LogP contribution in [0.5, 0.6) is 0 Å². The van der Waals surface area contributed by atoms with Gasteiger partial charge in [-0.2, -0.15) is 0 Å². The predicted molar refractivity (Wildman–Crippen MR) is 201 cm³/mol. The van der Waals surface area contributed by atoms with Crippen LogP contribution in [-0.4, -0.2) is 4.57 Å². The van der Waals surface area contributed by atoms with E-state index in [1.807, 2.05) is 0 Å². The normalized spacial score (nSPS) is 11.5. The Morgan fingerprint density at radius 1 is 0.340 bits per heavy atom. The van der Waals surface area contributed by atoms with Crippen LogP contribution in [0, 0.1) is 0 Å². The fraction of sp³-hybridized carbons (Fsp3) is 0.0222. The van der Waals surface area contributed by atoms with Crippen LogP contribution in [0.3, 0.4) is 0 Å². The first kappa shape index (κ1) is 27.2. The third-order valence-electron chi connectivity index (χ3n) is 9.56. The van der Waals surface area contributed by atoms with Crippen LogP contribution >= 0.6 is 0 Å². The Bertz CT molecular complexity index is 2560. The predicted octanol–water partition coefficient (Wildman–Crippen LogP) is 12.4. The summed E-state index contributed by atoms with van der Waals surface area (Å²) in [7, 11) is 2.17. The van der Waals surface area contributed by atoms with Gasteiger partial charge in [0.2, 0.25) is 0 Å². The van der Waals surface area contributed by atoms with Crippen molar-refractivity contribution in [3.05, 3.63) is 176 Å². The van der Waals surface area contributed by atoms with Crippen molar-refractivity contribution in [1.29, 1.82) is 0 Å². The zero-order valence-corrected chi connectivity index (χ0v) is 26.1. The first-order valence-corrected chi connectivity index (χ1v) is 16.2. The van der Waals surface area contributed by atoms with Crippen molar-refractivity contribution in [2.75, 3.05) is 4.90 Å². The Morgan fingerprint density at radius 2 is 0.830 bits per heavy atom. The quantitative estimate of drug-likeness (QED) is 0.191. The number of nitrogens with zero attached hydrogens (tertiary/aromatic N) is 2. The Hall–Kier alpha value is -6.12. The second-order valence-electron chi connectivity index (χ2n) is 12.3. The maximum Gasteiger partial charge on any atom is 0.0495 e. The molecule has 0 unspecified atom stereocenters. The molecule has 2 heteroatoms. The van der Waals surface area contributed by atoms with E-state index in [1.165, 1.54) is 65.6 Å². The van der Waals surface area contributed by atoms with Gasteiger partial charge in [-0.05, 0) is 104 Å². The Labute approximate surface area is 274 Å². The van der Waals surface area contributed by atoms with Gasteiger partial charge in [-0.1, -0.05) is 115 Å². The van der Waals surface area contributed by atoms with Crippen LogP contribution in [-0.2, 0) is 7.05 Å². The fourth-order valence-corrected chi connectivity index (χ4v) is 7.07. The van der Waals surface area contributed by atoms with E-state index in [1.54, 1.807) is 0 Å². The zero-order chi connectivity index (χ0) is 31.3. The molecule has 0 saturated heterocycles. The lowest BCUT2D eigenvalue weighted by Crippen LogP contribution is -2.09. The molecule has 8 aromatic carbocycles. The average molecular weight is 601 g/mol. The van der Waals surface area contributed by atoms with Crippen molar-refractivity contribution in [1.82, 2.24) is 4.57 Å². The molecule has 47 heavy (non-hydrogen) atoms. The molecule has 9 rings (SSSR count). The van der Waals surface area contributed by atoms with Gasteiger partial charge < -0.3 is 9.47 Å². The number of aromatic nitrogens is 1. The number of hydrogen-bond acceptors (Lipinski definition) is 1. The van der Waals surface area contributed by atoms with Crippen LogP contribution in [0.25, 0.3) is 65.6 Å². The van der Waals surface area contributed by atoms with E-state index in [0.717, 1.165) is 17.1 Å². The van der Waals surface area contributed by atoms with Gasteiger partial charge in [-0.3, -0.25) is 0 Å². The third-order valence-corrected chi connectivity index (χ3v) is 9.56. The van der Waals surface area contributed by atoms with Gasteiger partial charge in [0.1, 0.15) is 0 Å². The van der Waals surface area contributed by atoms with E-state index >= 15 is 0 Å². The summed E-state index contributed by atoms with van der Waals surface area (Å²) in [6.45, 7) is 0. The first-order chi connectivity index (χ1) is 23.2. The molecule has 0 aliphatic rings. The Kier molecular flexibility index (Phi) is 6.39. The lowest BCUT2D eigenvalue weighted by molar-refractivity contribution is 1.02. The van der Waals surface area contributed by atoms with Crippen LogP contribution in [0.2, 0.25) is 0 Å². The van der Waals surface area contributed by atoms with Crippen LogP contribution in [0.4, 0.5) is 17.1 Å². The molecule has 0 aliphatic heterocycles. The SMILES string of the molecule is Cn1c2ccc(-c3ccc(-c4ccc(N(c5ccccc5)c5ccc6ccccc6c5)cc4)cc3)cc2c2cc3ccccc3cc21. The number of anilines is 3. The largest absolute Gasteiger partial charge is 0.344 e. The molecule has 0 aliphatic carbocycles. The molecule has 0 spiro atoms. The third kappa shape index (κ3) is 4.74. The van der Waals surface area contributed by atoms with Gasteiger partial charge in [-0.15, -0.1) is 0 Å². The van der Waals surface area contributed by atoms with Gasteiger partial charge in [0, 0.05) is 45.9 Å². The van der Waals surface area contributed by atoms with Crippen molar-refractivity contribution >= 4 is 60.4 Å². The second kappa shape index (κ2) is 11.0. The molecular weight excluding hydrogens is 569 g/mol. The van der Waals surface area contributed by atoms with E-state index in [0.29, 0.717) is 0 Å². The minimum atomic E-state index is 1.13. The summed E-state index contributed by atoms with van der Waals surface area (Å²) in [5.41, 5.74) is 10.8. The summed E-state index contributed by atoms with van der Waals surface area (Å²) in [5.74, 6) is 0. The van der Waals surface area contributed by atoms with E-state index in [-0.39, 0.29) is 0 Å². The summed E-state index contributed by atoms with van der Waals surface area (Å²) >= 11 is 0. The number of aryl methyl sites for hydroxylation is 1. The number of fused-ring (bicyclic) bond motifs is 5. The Morgan fingerprint density at radius 3 is 1.53 bits per heavy atom. The minimum Gasteiger partial charge on any atom is -0.344 e. The van der Waals surface area contributed by atoms with Gasteiger partial charge in [0.25, 0.3) is 0 Å². The molecule has 1 heterocycles. The molecule has 0 bridgehead atoms. The van der Waals surface area contributed by atoms with Gasteiger partial charge >= 0.3 is 0 Å². The van der Waals surface area contributed by atoms with Crippen molar-refractivity contribution in [2.24, 2.45) is 7.05 Å². The first-order valence-electron chi connectivity index (χ1n) is 16.2. The summed E-state index contributed by atoms with van der Waals surface area (Å²) in [6.07, 6.45) is 0. The average Bonchev–Trinajstić information content (AvgIpc) is 3.41. The summed E-state index contributed by atoms with van der Waals surface area (Å²) in [5, 5.41) is 7.62. The minimum absolute atomic E-state index is 1.13. The van der Waals surface area contributed by atoms with Gasteiger partial charge in [0.15, 0.2) is 0 Å². The van der Waals surface area contributed by atoms with E-state index < -0.39 is 0 Å². The van der Waals surface area contributed by atoms with E-state index in [4.69, 9.17) is 0 Å². The lowest BCUT2D eigenvalue weighted by Gasteiger charge is -2.26. The van der Waals surface area contributed by atoms with Crippen molar-refractivity contribution in [3.8, 4) is 22.3 Å². The molecular formula is C45H32N2. The number of benzene rings is 8. The van der Waals surface area contributed by atoms with E-state index in [9.17, 15) is 0 Å². The van der Waals surface area contributed by atoms with Crippen molar-refractivity contribution in [2.45, 2.75) is 0 Å². The van der Waals surface area contributed by atoms with Crippen LogP contribution < -0.4 is 4.90 Å². The highest BCUT2D eigenvalue weighted by atomic mass is 15.1. The molecule has 222 valence electrons. The topological polar surface area (TPSA) is 8.17 Å². The maximum absolute atomic E-state index is 2.35. The number of rotatable bonds is 5. The van der Waals surface area contributed by atoms with Crippen LogP contribution in [0.1, 0.15) is 0 Å². The molecule has 9 aromatic rings. The lowest BCUT2D eigenvalue weighted by atomic mass is 9.98. The standard InChI is InChI=1S/C45H32N2/c1-46-44-26-22-38(29-42(44)43-28-36-11-7-8-12-37(36)30-45(43)46)34-17-15-32(16-18-34)33-19-23-40(24-20-33)47(39-13-3-2-4-14-39)41-25-21-31-9-5-6-10-35(31)27-41/h2-30H,1H3. The molecule has 1 aromatic heterocycles. The van der Waals surface area contributed by atoms with Gasteiger partial charge in [0.05, 0.1) is 0 Å². The molecule has 0 N–H and O–H groups in total. The van der Waals surface area contributed by atoms with Gasteiger partial charge in [-0.25, -0.2) is 0 Å². The molecule has 0 amide bonds. The highest BCUT2D eigenvalue weighted by molar-refractivity contribution is 6.13. The van der Waals surface area contributed by atoms with Crippen LogP contribution in [0.15, 0.2) is 176 Å². The second-order valence-corrected chi connectivity index (χ2v) is 12.3. The maximum atomic E-state index is 2.35. The summed E-state index contributed by atoms with van der Waals surface area (Å²) in [6, 6.07) is 63.8. The highest BCUT2D eigenvalue weighted by Crippen LogP contribution is 2.38. The van der Waals surface area contributed by atoms with Crippen molar-refractivity contribution in [3.63, 3.8) is 0 Å². The monoisotopic (exact) mass is 600 g/mol. The van der Waals surface area contributed by atoms with E-state index in [2.05, 4.69) is 192 Å². The number of para-hydroxylation sites is 1. The molecule has 0 radical (unpaired) electrons. The summed E-state index contributed by atoms with van der Waals surface area (Å²) < 4.78 is 2.31. The number of hydrogen-bond donors (Lipinski definition) is 0. The zero-order valence-electron chi connectivity index (χ0n) is 26.1. The van der Waals surface area contributed by atoms with Crippen molar-refractivity contribution < 1.29 is 0 Å². The molecule has 2 nitrogen and oxygen atoms in total. The highest BCUT2D eigenvalue weighted by Gasteiger charge is 2.14.